The van der Waals surface area contributed by atoms with Crippen LogP contribution in [0, 0.1) is 0 Å². The Morgan fingerprint density at radius 2 is 1.83 bits per heavy atom. The number of hydrogen-bond donors (Lipinski definition) is 2. The highest BCUT2D eigenvalue weighted by molar-refractivity contribution is 5.83. The van der Waals surface area contributed by atoms with E-state index in [1.54, 1.807) is 0 Å². The molecule has 0 aromatic rings. The van der Waals surface area contributed by atoms with Gasteiger partial charge in [-0.3, -0.25) is 0 Å². The molecule has 0 heterocycles. The molecule has 0 aliphatic carbocycles. The number of carbonyl (C=O) groups excluding carboxylic acids is 2. The lowest BCUT2D eigenvalue weighted by atomic mass is 10.2. The van der Waals surface area contributed by atoms with Gasteiger partial charge in [-0.15, -0.1) is 0 Å². The predicted octanol–water partition coefficient (Wildman–Crippen LogP) is -4.48. The molecular weight excluding hydrogens is 166 g/mol. The van der Waals surface area contributed by atoms with Crippen LogP contribution >= 0.6 is 0 Å². The van der Waals surface area contributed by atoms with E-state index >= 15 is 0 Å². The maximum Gasteiger partial charge on any atom is 0.186 e. The van der Waals surface area contributed by atoms with Crippen LogP contribution < -0.4 is 21.7 Å². The topological polar surface area (TPSA) is 145 Å². The van der Waals surface area contributed by atoms with Gasteiger partial charge in [0.2, 0.25) is 0 Å². The Hall–Kier alpha value is -1.79. The van der Waals surface area contributed by atoms with Gasteiger partial charge in [-0.2, -0.15) is 0 Å². The van der Waals surface area contributed by atoms with Gasteiger partial charge in [0.15, 0.2) is 5.96 Å². The van der Waals surface area contributed by atoms with Crippen molar-refractivity contribution in [2.75, 3.05) is 0 Å². The van der Waals surface area contributed by atoms with E-state index in [1.165, 1.54) is 0 Å². The molecule has 7 nitrogen and oxygen atoms in total. The third-order valence-electron chi connectivity index (χ3n) is 0.937. The lowest BCUT2D eigenvalue weighted by molar-refractivity contribution is -0.316. The zero-order chi connectivity index (χ0) is 9.72. The Kier molecular flexibility index (Phi) is 3.54. The first-order chi connectivity index (χ1) is 5.43. The SMILES string of the molecule is NC(N)=NC(CC(=O)[O-])C(=O)[O-]. The average Bonchev–Trinajstić information content (AvgIpc) is 1.83. The summed E-state index contributed by atoms with van der Waals surface area (Å²) in [6, 6.07) is -1.58. The van der Waals surface area contributed by atoms with Gasteiger partial charge in [-0.05, 0) is 0 Å². The zero-order valence-corrected chi connectivity index (χ0v) is 6.02. The van der Waals surface area contributed by atoms with Gasteiger partial charge < -0.3 is 31.3 Å². The molecule has 12 heavy (non-hydrogen) atoms. The summed E-state index contributed by atoms with van der Waals surface area (Å²) < 4.78 is 0. The number of rotatable bonds is 4. The van der Waals surface area contributed by atoms with E-state index in [9.17, 15) is 19.8 Å². The second kappa shape index (κ2) is 4.16. The predicted molar refractivity (Wildman–Crippen MR) is 34.2 cm³/mol. The second-order valence-electron chi connectivity index (χ2n) is 1.96. The third kappa shape index (κ3) is 4.09. The molecule has 0 fully saturated rings. The van der Waals surface area contributed by atoms with Crippen molar-refractivity contribution in [2.45, 2.75) is 12.5 Å². The van der Waals surface area contributed by atoms with Crippen LogP contribution in [0.5, 0.6) is 0 Å². The molecular formula is C5H7N3O4-2. The summed E-state index contributed by atoms with van der Waals surface area (Å²) in [6.45, 7) is 0. The van der Waals surface area contributed by atoms with Crippen LogP contribution in [0.2, 0.25) is 0 Å². The first-order valence-electron chi connectivity index (χ1n) is 2.93. The highest BCUT2D eigenvalue weighted by Crippen LogP contribution is 1.94. The van der Waals surface area contributed by atoms with E-state index in [-0.39, 0.29) is 0 Å². The van der Waals surface area contributed by atoms with Crippen LogP contribution in [-0.4, -0.2) is 23.9 Å². The van der Waals surface area contributed by atoms with Crippen molar-refractivity contribution < 1.29 is 19.8 Å². The fourth-order valence-corrected chi connectivity index (χ4v) is 0.519. The molecule has 0 spiro atoms. The smallest absolute Gasteiger partial charge is 0.186 e. The molecule has 1 unspecified atom stereocenters. The number of carboxylic acid groups (broad SMARTS) is 2. The van der Waals surface area contributed by atoms with Crippen molar-refractivity contribution in [1.82, 2.24) is 0 Å². The maximum absolute atomic E-state index is 10.2. The van der Waals surface area contributed by atoms with Crippen LogP contribution in [0.15, 0.2) is 4.99 Å². The Balaban J connectivity index is 4.35. The highest BCUT2D eigenvalue weighted by atomic mass is 16.4. The monoisotopic (exact) mass is 173 g/mol. The molecule has 0 rings (SSSR count). The standard InChI is InChI=1S/C5H9N3O4/c6-5(7)8-2(4(11)12)1-3(9)10/h2H,1H2,(H,9,10)(H,11,12)(H4,6,7,8)/p-2. The van der Waals surface area contributed by atoms with Gasteiger partial charge in [0.1, 0.15) is 0 Å². The lowest BCUT2D eigenvalue weighted by Gasteiger charge is -2.13. The Morgan fingerprint density at radius 1 is 1.33 bits per heavy atom. The number of carboxylic acids is 2. The fourth-order valence-electron chi connectivity index (χ4n) is 0.519. The van der Waals surface area contributed by atoms with Gasteiger partial charge in [-0.1, -0.05) is 0 Å². The molecule has 0 radical (unpaired) electrons. The number of carbonyl (C=O) groups is 2. The molecule has 0 aromatic heterocycles. The lowest BCUT2D eigenvalue weighted by Crippen LogP contribution is -2.41. The quantitative estimate of drug-likeness (QED) is 0.324. The molecule has 0 bridgehead atoms. The van der Waals surface area contributed by atoms with Gasteiger partial charge in [-0.25, -0.2) is 4.99 Å². The Labute approximate surface area is 67.7 Å². The van der Waals surface area contributed by atoms with Crippen LogP contribution in [0.3, 0.4) is 0 Å². The Bertz CT molecular complexity index is 221. The van der Waals surface area contributed by atoms with Crippen LogP contribution in [0.4, 0.5) is 0 Å². The minimum absolute atomic E-state index is 0.509. The minimum atomic E-state index is -1.66. The summed E-state index contributed by atoms with van der Waals surface area (Å²) in [4.78, 5) is 23.2. The largest absolute Gasteiger partial charge is 0.550 e. The van der Waals surface area contributed by atoms with E-state index in [1.807, 2.05) is 0 Å². The van der Waals surface area contributed by atoms with Crippen LogP contribution in [-0.2, 0) is 9.59 Å². The van der Waals surface area contributed by atoms with E-state index in [4.69, 9.17) is 11.5 Å². The molecule has 7 heteroatoms. The van der Waals surface area contributed by atoms with Crippen molar-refractivity contribution >= 4 is 17.9 Å². The Morgan fingerprint density at radius 3 is 2.08 bits per heavy atom. The van der Waals surface area contributed by atoms with Crippen LogP contribution in [0.25, 0.3) is 0 Å². The fraction of sp³-hybridized carbons (Fsp3) is 0.400. The van der Waals surface area contributed by atoms with Gasteiger partial charge in [0.25, 0.3) is 0 Å². The second-order valence-corrected chi connectivity index (χ2v) is 1.96. The number of aliphatic carboxylic acids is 2. The van der Waals surface area contributed by atoms with Gasteiger partial charge >= 0.3 is 0 Å². The van der Waals surface area contributed by atoms with Gasteiger partial charge in [0.05, 0.1) is 12.0 Å². The molecule has 0 aliphatic heterocycles. The summed E-state index contributed by atoms with van der Waals surface area (Å²) in [5.41, 5.74) is 9.66. The average molecular weight is 173 g/mol. The summed E-state index contributed by atoms with van der Waals surface area (Å²) in [6.07, 6.45) is -0.805. The zero-order valence-electron chi connectivity index (χ0n) is 6.02. The van der Waals surface area contributed by atoms with E-state index in [2.05, 4.69) is 4.99 Å². The molecule has 68 valence electrons. The summed E-state index contributed by atoms with van der Waals surface area (Å²) in [5.74, 6) is -3.73. The van der Waals surface area contributed by atoms with Crippen molar-refractivity contribution in [3.05, 3.63) is 0 Å². The highest BCUT2D eigenvalue weighted by Gasteiger charge is 2.08. The van der Waals surface area contributed by atoms with Crippen LogP contribution in [0.1, 0.15) is 6.42 Å². The van der Waals surface area contributed by atoms with E-state index in [0.29, 0.717) is 0 Å². The molecule has 0 saturated heterocycles. The van der Waals surface area contributed by atoms with E-state index < -0.39 is 30.4 Å². The normalized spacial score (nSPS) is 11.7. The van der Waals surface area contributed by atoms with Crippen molar-refractivity contribution in [2.24, 2.45) is 16.5 Å². The minimum Gasteiger partial charge on any atom is -0.550 e. The van der Waals surface area contributed by atoms with Gasteiger partial charge in [0, 0.05) is 12.4 Å². The number of guanidine groups is 1. The summed E-state index contributed by atoms with van der Waals surface area (Å²) >= 11 is 0. The molecule has 4 N–H and O–H groups in total. The number of hydrogen-bond acceptors (Lipinski definition) is 5. The first kappa shape index (κ1) is 10.2. The van der Waals surface area contributed by atoms with Crippen molar-refractivity contribution in [1.29, 1.82) is 0 Å². The van der Waals surface area contributed by atoms with Crippen molar-refractivity contribution in [3.63, 3.8) is 0 Å². The number of aliphatic imine (C=N–C) groups is 1. The molecule has 1 atom stereocenters. The molecule has 0 saturated carbocycles. The number of nitrogens with zero attached hydrogens (tertiary/aromatic N) is 1. The molecule has 0 aliphatic rings. The number of nitrogens with two attached hydrogens (primary N) is 2. The third-order valence-corrected chi connectivity index (χ3v) is 0.937. The summed E-state index contributed by atoms with van der Waals surface area (Å²) in [7, 11) is 0. The maximum atomic E-state index is 10.2. The van der Waals surface area contributed by atoms with E-state index in [0.717, 1.165) is 0 Å². The first-order valence-corrected chi connectivity index (χ1v) is 2.93. The summed E-state index contributed by atoms with van der Waals surface area (Å²) in [5, 5.41) is 20.1. The molecule has 0 amide bonds. The molecule has 0 aromatic carbocycles. The van der Waals surface area contributed by atoms with Crippen molar-refractivity contribution in [3.8, 4) is 0 Å².